The number of hydrogen-bond acceptors (Lipinski definition) is 1. The number of benzene rings is 1. The van der Waals surface area contributed by atoms with Gasteiger partial charge in [-0.05, 0) is 67.8 Å². The summed E-state index contributed by atoms with van der Waals surface area (Å²) < 4.78 is 0. The average molecular weight is 286 g/mol. The largest absolute Gasteiger partial charge is 0.390 e. The minimum absolute atomic E-state index is 0.375. The molecule has 116 valence electrons. The summed E-state index contributed by atoms with van der Waals surface area (Å²) in [6.45, 7) is 4.74. The van der Waals surface area contributed by atoms with Crippen LogP contribution in [-0.4, -0.2) is 10.7 Å². The second kappa shape index (κ2) is 6.12. The van der Waals surface area contributed by atoms with Crippen LogP contribution in [0.4, 0.5) is 0 Å². The van der Waals surface area contributed by atoms with E-state index >= 15 is 0 Å². The summed E-state index contributed by atoms with van der Waals surface area (Å²) in [6, 6.07) is 10.9. The van der Waals surface area contributed by atoms with Gasteiger partial charge in [0.25, 0.3) is 0 Å². The van der Waals surface area contributed by atoms with Crippen LogP contribution in [0.25, 0.3) is 0 Å². The summed E-state index contributed by atoms with van der Waals surface area (Å²) in [4.78, 5) is 0. The highest BCUT2D eigenvalue weighted by atomic mass is 16.3. The quantitative estimate of drug-likeness (QED) is 0.797. The molecule has 0 heterocycles. The molecule has 2 saturated carbocycles. The van der Waals surface area contributed by atoms with Crippen LogP contribution < -0.4 is 0 Å². The van der Waals surface area contributed by atoms with Gasteiger partial charge in [-0.25, -0.2) is 0 Å². The average Bonchev–Trinajstić information content (AvgIpc) is 2.51. The molecule has 0 bridgehead atoms. The molecule has 1 N–H and O–H groups in total. The van der Waals surface area contributed by atoms with Crippen LogP contribution >= 0.6 is 0 Å². The van der Waals surface area contributed by atoms with E-state index in [1.54, 1.807) is 0 Å². The zero-order valence-electron chi connectivity index (χ0n) is 13.6. The predicted octanol–water partition coefficient (Wildman–Crippen LogP) is 5.15. The van der Waals surface area contributed by atoms with Gasteiger partial charge in [-0.2, -0.15) is 0 Å². The molecule has 0 amide bonds. The van der Waals surface area contributed by atoms with E-state index in [1.165, 1.54) is 24.8 Å². The summed E-state index contributed by atoms with van der Waals surface area (Å²) in [7, 11) is 0. The fourth-order valence-corrected chi connectivity index (χ4v) is 4.62. The highest BCUT2D eigenvalue weighted by Crippen LogP contribution is 2.47. The van der Waals surface area contributed by atoms with Gasteiger partial charge in [0.05, 0.1) is 5.60 Å². The summed E-state index contributed by atoms with van der Waals surface area (Å²) in [5.41, 5.74) is 1.09. The number of rotatable bonds is 2. The van der Waals surface area contributed by atoms with Crippen molar-refractivity contribution in [1.82, 2.24) is 0 Å². The summed E-state index contributed by atoms with van der Waals surface area (Å²) in [6.07, 6.45) is 8.07. The molecule has 0 radical (unpaired) electrons. The lowest BCUT2D eigenvalue weighted by atomic mass is 9.63. The number of aliphatic hydroxyl groups is 1. The maximum Gasteiger partial charge on any atom is 0.0676 e. The van der Waals surface area contributed by atoms with Gasteiger partial charge >= 0.3 is 0 Å². The third-order valence-electron chi connectivity index (χ3n) is 6.48. The Balaban J connectivity index is 1.62. The van der Waals surface area contributed by atoms with E-state index in [4.69, 9.17) is 0 Å². The molecule has 2 fully saturated rings. The third-order valence-corrected chi connectivity index (χ3v) is 6.48. The van der Waals surface area contributed by atoms with Crippen LogP contribution in [-0.2, 0) is 0 Å². The van der Waals surface area contributed by atoms with Crippen molar-refractivity contribution >= 4 is 0 Å². The summed E-state index contributed by atoms with van der Waals surface area (Å²) in [5, 5.41) is 11.2. The first-order valence-corrected chi connectivity index (χ1v) is 8.86. The Labute approximate surface area is 129 Å². The summed E-state index contributed by atoms with van der Waals surface area (Å²) >= 11 is 0. The monoisotopic (exact) mass is 286 g/mol. The molecule has 3 atom stereocenters. The predicted molar refractivity (Wildman–Crippen MR) is 88.3 cm³/mol. The Hall–Kier alpha value is -0.820. The topological polar surface area (TPSA) is 20.2 Å². The highest BCUT2D eigenvalue weighted by molar-refractivity contribution is 5.20. The second-order valence-electron chi connectivity index (χ2n) is 7.75. The first-order valence-electron chi connectivity index (χ1n) is 8.86. The van der Waals surface area contributed by atoms with Crippen molar-refractivity contribution in [3.8, 4) is 0 Å². The Morgan fingerprint density at radius 2 is 1.57 bits per heavy atom. The van der Waals surface area contributed by atoms with Gasteiger partial charge in [-0.3, -0.25) is 0 Å². The molecule has 3 rings (SSSR count). The van der Waals surface area contributed by atoms with E-state index in [2.05, 4.69) is 44.2 Å². The maximum atomic E-state index is 11.2. The van der Waals surface area contributed by atoms with E-state index in [-0.39, 0.29) is 5.60 Å². The van der Waals surface area contributed by atoms with Crippen molar-refractivity contribution in [3.05, 3.63) is 35.9 Å². The zero-order chi connectivity index (χ0) is 14.9. The van der Waals surface area contributed by atoms with Crippen LogP contribution in [0.3, 0.4) is 0 Å². The maximum absolute atomic E-state index is 11.2. The molecule has 0 aromatic heterocycles. The molecule has 0 spiro atoms. The van der Waals surface area contributed by atoms with E-state index < -0.39 is 0 Å². The fraction of sp³-hybridized carbons (Fsp3) is 0.700. The minimum atomic E-state index is -0.375. The third kappa shape index (κ3) is 3.18. The van der Waals surface area contributed by atoms with Gasteiger partial charge in [0, 0.05) is 0 Å². The minimum Gasteiger partial charge on any atom is -0.390 e. The smallest absolute Gasteiger partial charge is 0.0676 e. The lowest BCUT2D eigenvalue weighted by molar-refractivity contribution is -0.0756. The lowest BCUT2D eigenvalue weighted by Gasteiger charge is -2.46. The van der Waals surface area contributed by atoms with Gasteiger partial charge in [-0.15, -0.1) is 0 Å². The molecular formula is C20H30O. The second-order valence-corrected chi connectivity index (χ2v) is 7.75. The molecule has 1 heteroatoms. The van der Waals surface area contributed by atoms with Crippen LogP contribution in [0.2, 0.25) is 0 Å². The Morgan fingerprint density at radius 3 is 2.19 bits per heavy atom. The van der Waals surface area contributed by atoms with Crippen molar-refractivity contribution in [2.75, 3.05) is 0 Å². The molecule has 1 aromatic carbocycles. The van der Waals surface area contributed by atoms with Crippen molar-refractivity contribution < 1.29 is 5.11 Å². The lowest BCUT2D eigenvalue weighted by Crippen LogP contribution is -2.44. The Kier molecular flexibility index (Phi) is 4.40. The fourth-order valence-electron chi connectivity index (χ4n) is 4.62. The number of hydrogen-bond donors (Lipinski definition) is 1. The van der Waals surface area contributed by atoms with E-state index in [1.807, 2.05) is 0 Å². The Bertz CT molecular complexity index is 444. The standard InChI is InChI=1S/C20H30O/c1-15-8-9-19(14-16(15)2)20(21)12-10-18(11-13-20)17-6-4-3-5-7-17/h3-7,15-16,18-19,21H,8-14H2,1-2H3. The van der Waals surface area contributed by atoms with Crippen molar-refractivity contribution in [2.24, 2.45) is 17.8 Å². The molecule has 2 aliphatic carbocycles. The summed E-state index contributed by atoms with van der Waals surface area (Å²) in [5.74, 6) is 2.82. The first kappa shape index (κ1) is 15.1. The Morgan fingerprint density at radius 1 is 0.905 bits per heavy atom. The molecule has 1 aromatic rings. The van der Waals surface area contributed by atoms with Crippen LogP contribution in [0, 0.1) is 17.8 Å². The molecule has 0 aliphatic heterocycles. The van der Waals surface area contributed by atoms with E-state index in [9.17, 15) is 5.11 Å². The molecule has 3 unspecified atom stereocenters. The highest BCUT2D eigenvalue weighted by Gasteiger charge is 2.42. The molecule has 0 saturated heterocycles. The zero-order valence-corrected chi connectivity index (χ0v) is 13.6. The molecule has 2 aliphatic rings. The SMILES string of the molecule is CC1CCC(C2(O)CCC(c3ccccc3)CC2)CC1C. The van der Waals surface area contributed by atoms with Crippen molar-refractivity contribution in [1.29, 1.82) is 0 Å². The van der Waals surface area contributed by atoms with E-state index in [0.29, 0.717) is 11.8 Å². The van der Waals surface area contributed by atoms with Crippen LogP contribution in [0.15, 0.2) is 30.3 Å². The normalized spacial score (nSPS) is 40.9. The molecule has 1 nitrogen and oxygen atoms in total. The molecule has 21 heavy (non-hydrogen) atoms. The van der Waals surface area contributed by atoms with Crippen molar-refractivity contribution in [2.45, 2.75) is 70.3 Å². The molecular weight excluding hydrogens is 256 g/mol. The van der Waals surface area contributed by atoms with Crippen LogP contribution in [0.5, 0.6) is 0 Å². The van der Waals surface area contributed by atoms with Gasteiger partial charge in [0.15, 0.2) is 0 Å². The van der Waals surface area contributed by atoms with Gasteiger partial charge in [0.2, 0.25) is 0 Å². The first-order chi connectivity index (χ1) is 10.1. The van der Waals surface area contributed by atoms with Crippen molar-refractivity contribution in [3.63, 3.8) is 0 Å². The van der Waals surface area contributed by atoms with Gasteiger partial charge in [0.1, 0.15) is 0 Å². The van der Waals surface area contributed by atoms with Crippen LogP contribution in [0.1, 0.15) is 70.3 Å². The van der Waals surface area contributed by atoms with E-state index in [0.717, 1.165) is 37.5 Å². The van der Waals surface area contributed by atoms with Gasteiger partial charge in [-0.1, -0.05) is 50.6 Å². The van der Waals surface area contributed by atoms with Gasteiger partial charge < -0.3 is 5.11 Å².